The summed E-state index contributed by atoms with van der Waals surface area (Å²) in [5.41, 5.74) is 5.67. The molecule has 0 aromatic heterocycles. The van der Waals surface area contributed by atoms with Crippen LogP contribution in [-0.2, 0) is 4.43 Å². The van der Waals surface area contributed by atoms with E-state index in [0.29, 0.717) is 13.2 Å². The van der Waals surface area contributed by atoms with Crippen LogP contribution >= 0.6 is 0 Å². The van der Waals surface area contributed by atoms with Gasteiger partial charge in [0.15, 0.2) is 8.32 Å². The van der Waals surface area contributed by atoms with Gasteiger partial charge in [-0.2, -0.15) is 0 Å². The summed E-state index contributed by atoms with van der Waals surface area (Å²) in [6.45, 7) is 14.1. The number of hydrogen-bond donors (Lipinski definition) is 1. The molecule has 108 valence electrons. The van der Waals surface area contributed by atoms with Crippen molar-refractivity contribution in [3.05, 3.63) is 0 Å². The van der Waals surface area contributed by atoms with Crippen LogP contribution in [0.15, 0.2) is 0 Å². The van der Waals surface area contributed by atoms with Gasteiger partial charge < -0.3 is 10.2 Å². The SMILES string of the molecule is CC(C)(C)[Si](C)(C)OCCN1CC[C@H](N)[C@H](F)C1. The van der Waals surface area contributed by atoms with E-state index in [1.165, 1.54) is 0 Å². The van der Waals surface area contributed by atoms with Crippen molar-refractivity contribution in [3.8, 4) is 0 Å². The second-order valence-electron chi connectivity index (χ2n) is 6.88. The molecule has 0 aliphatic carbocycles. The van der Waals surface area contributed by atoms with E-state index in [2.05, 4.69) is 38.8 Å². The Kier molecular flexibility index (Phi) is 5.35. The smallest absolute Gasteiger partial charge is 0.192 e. The highest BCUT2D eigenvalue weighted by molar-refractivity contribution is 6.74. The Morgan fingerprint density at radius 1 is 1.39 bits per heavy atom. The first-order valence-electron chi connectivity index (χ1n) is 6.89. The van der Waals surface area contributed by atoms with E-state index in [9.17, 15) is 4.39 Å². The van der Waals surface area contributed by atoms with Crippen LogP contribution in [0.1, 0.15) is 27.2 Å². The Hall–Kier alpha value is 0.0269. The van der Waals surface area contributed by atoms with E-state index in [1.54, 1.807) is 0 Å². The van der Waals surface area contributed by atoms with E-state index < -0.39 is 14.5 Å². The molecule has 0 unspecified atom stereocenters. The van der Waals surface area contributed by atoms with E-state index in [1.807, 2.05) is 0 Å². The number of alkyl halides is 1. The van der Waals surface area contributed by atoms with Crippen molar-refractivity contribution in [2.75, 3.05) is 26.2 Å². The zero-order valence-electron chi connectivity index (χ0n) is 12.5. The van der Waals surface area contributed by atoms with Crippen LogP contribution in [0.25, 0.3) is 0 Å². The van der Waals surface area contributed by atoms with Crippen LogP contribution in [0.5, 0.6) is 0 Å². The third-order valence-corrected chi connectivity index (χ3v) is 8.89. The predicted octanol–water partition coefficient (Wildman–Crippen LogP) is 2.38. The third kappa shape index (κ3) is 4.30. The number of nitrogens with zero attached hydrogens (tertiary/aromatic N) is 1. The predicted molar refractivity (Wildman–Crippen MR) is 77.1 cm³/mol. The molecule has 0 radical (unpaired) electrons. The molecule has 1 saturated heterocycles. The lowest BCUT2D eigenvalue weighted by Crippen LogP contribution is -2.50. The molecular weight excluding hydrogens is 247 g/mol. The molecule has 2 N–H and O–H groups in total. The van der Waals surface area contributed by atoms with Crippen molar-refractivity contribution in [1.82, 2.24) is 4.90 Å². The van der Waals surface area contributed by atoms with Gasteiger partial charge in [-0.1, -0.05) is 20.8 Å². The molecule has 0 aromatic carbocycles. The molecule has 1 aliphatic rings. The van der Waals surface area contributed by atoms with Gasteiger partial charge in [0.25, 0.3) is 0 Å². The zero-order valence-corrected chi connectivity index (χ0v) is 13.5. The first-order chi connectivity index (χ1) is 8.13. The van der Waals surface area contributed by atoms with Gasteiger partial charge in [0, 0.05) is 25.7 Å². The highest BCUT2D eigenvalue weighted by atomic mass is 28.4. The quantitative estimate of drug-likeness (QED) is 0.801. The van der Waals surface area contributed by atoms with Crippen LogP contribution in [0.3, 0.4) is 0 Å². The normalized spacial score (nSPS) is 27.5. The lowest BCUT2D eigenvalue weighted by atomic mass is 10.0. The van der Waals surface area contributed by atoms with Gasteiger partial charge >= 0.3 is 0 Å². The maximum atomic E-state index is 13.5. The molecule has 0 spiro atoms. The fraction of sp³-hybridized carbons (Fsp3) is 1.00. The Morgan fingerprint density at radius 2 is 2.00 bits per heavy atom. The molecule has 0 amide bonds. The summed E-state index contributed by atoms with van der Waals surface area (Å²) in [6, 6.07) is -0.275. The minimum atomic E-state index is -1.67. The summed E-state index contributed by atoms with van der Waals surface area (Å²) in [6.07, 6.45) is -0.132. The van der Waals surface area contributed by atoms with Crippen LogP contribution < -0.4 is 5.73 Å². The van der Waals surface area contributed by atoms with Crippen molar-refractivity contribution >= 4 is 8.32 Å². The van der Waals surface area contributed by atoms with Crippen LogP contribution in [0.2, 0.25) is 18.1 Å². The monoisotopic (exact) mass is 276 g/mol. The van der Waals surface area contributed by atoms with Crippen molar-refractivity contribution in [2.45, 2.75) is 57.5 Å². The molecule has 0 aromatic rings. The maximum Gasteiger partial charge on any atom is 0.192 e. The number of piperidine rings is 1. The lowest BCUT2D eigenvalue weighted by Gasteiger charge is -2.38. The second-order valence-corrected chi connectivity index (χ2v) is 11.7. The Bertz CT molecular complexity index is 268. The van der Waals surface area contributed by atoms with Gasteiger partial charge in [0.1, 0.15) is 6.17 Å². The molecule has 1 rings (SSSR count). The highest BCUT2D eigenvalue weighted by Crippen LogP contribution is 2.36. The summed E-state index contributed by atoms with van der Waals surface area (Å²) in [5.74, 6) is 0. The van der Waals surface area contributed by atoms with Crippen molar-refractivity contribution in [1.29, 1.82) is 0 Å². The molecular formula is C13H29FN2OSi. The van der Waals surface area contributed by atoms with Gasteiger partial charge in [-0.05, 0) is 31.1 Å². The van der Waals surface area contributed by atoms with Crippen molar-refractivity contribution in [3.63, 3.8) is 0 Å². The molecule has 1 heterocycles. The Morgan fingerprint density at radius 3 is 2.50 bits per heavy atom. The fourth-order valence-corrected chi connectivity index (χ4v) is 2.87. The van der Waals surface area contributed by atoms with E-state index >= 15 is 0 Å². The maximum absolute atomic E-state index is 13.5. The van der Waals surface area contributed by atoms with Crippen LogP contribution in [0.4, 0.5) is 4.39 Å². The molecule has 1 fully saturated rings. The number of likely N-dealkylation sites (tertiary alicyclic amines) is 1. The van der Waals surface area contributed by atoms with Gasteiger partial charge in [-0.15, -0.1) is 0 Å². The average Bonchev–Trinajstić information content (AvgIpc) is 2.21. The standard InChI is InChI=1S/C13H29FN2OSi/c1-13(2,3)18(4,5)17-9-8-16-7-6-12(15)11(14)10-16/h11-12H,6-10,15H2,1-5H3/t11-,12+/m1/s1. The molecule has 18 heavy (non-hydrogen) atoms. The summed E-state index contributed by atoms with van der Waals surface area (Å²) >= 11 is 0. The summed E-state index contributed by atoms with van der Waals surface area (Å²) in [7, 11) is -1.67. The summed E-state index contributed by atoms with van der Waals surface area (Å²) < 4.78 is 19.6. The fourth-order valence-electron chi connectivity index (χ4n) is 1.84. The first-order valence-corrected chi connectivity index (χ1v) is 9.80. The number of halogens is 1. The Labute approximate surface area is 112 Å². The highest BCUT2D eigenvalue weighted by Gasteiger charge is 2.37. The molecule has 5 heteroatoms. The molecule has 0 saturated carbocycles. The van der Waals surface area contributed by atoms with Gasteiger partial charge in [0.2, 0.25) is 0 Å². The van der Waals surface area contributed by atoms with Gasteiger partial charge in [-0.3, -0.25) is 4.90 Å². The number of rotatable bonds is 4. The minimum absolute atomic E-state index is 0.236. The van der Waals surface area contributed by atoms with Crippen LogP contribution in [-0.4, -0.2) is 51.7 Å². The molecule has 2 atom stereocenters. The van der Waals surface area contributed by atoms with Crippen molar-refractivity contribution in [2.24, 2.45) is 5.73 Å². The van der Waals surface area contributed by atoms with Gasteiger partial charge in [-0.25, -0.2) is 4.39 Å². The van der Waals surface area contributed by atoms with E-state index in [0.717, 1.165) is 19.5 Å². The lowest BCUT2D eigenvalue weighted by molar-refractivity contribution is 0.103. The van der Waals surface area contributed by atoms with Gasteiger partial charge in [0.05, 0.1) is 0 Å². The minimum Gasteiger partial charge on any atom is -0.416 e. The second kappa shape index (κ2) is 5.99. The zero-order chi connectivity index (χ0) is 14.0. The topological polar surface area (TPSA) is 38.5 Å². The summed E-state index contributed by atoms with van der Waals surface area (Å²) in [4.78, 5) is 2.13. The summed E-state index contributed by atoms with van der Waals surface area (Å²) in [5, 5.41) is 0.236. The van der Waals surface area contributed by atoms with Crippen LogP contribution in [0, 0.1) is 0 Å². The number of nitrogens with two attached hydrogens (primary N) is 1. The number of hydrogen-bond acceptors (Lipinski definition) is 3. The molecule has 0 bridgehead atoms. The third-order valence-electron chi connectivity index (χ3n) is 4.35. The first kappa shape index (κ1) is 16.1. The van der Waals surface area contributed by atoms with E-state index in [-0.39, 0.29) is 11.1 Å². The molecule has 3 nitrogen and oxygen atoms in total. The molecule has 1 aliphatic heterocycles. The van der Waals surface area contributed by atoms with Crippen molar-refractivity contribution < 1.29 is 8.82 Å². The average molecular weight is 276 g/mol. The largest absolute Gasteiger partial charge is 0.416 e. The Balaban J connectivity index is 2.30. The van der Waals surface area contributed by atoms with E-state index in [4.69, 9.17) is 10.2 Å².